The molecule has 1 rings (SSSR count). The van der Waals surface area contributed by atoms with E-state index in [0.717, 1.165) is 3.57 Å². The molecule has 0 atom stereocenters. The quantitative estimate of drug-likeness (QED) is 0.496. The van der Waals surface area contributed by atoms with E-state index in [2.05, 4.69) is 33.1 Å². The van der Waals surface area contributed by atoms with Gasteiger partial charge in [-0.3, -0.25) is 10.2 Å². The first-order valence-electron chi connectivity index (χ1n) is 3.92. The third-order valence-electron chi connectivity index (χ3n) is 1.48. The second kappa shape index (κ2) is 5.31. The summed E-state index contributed by atoms with van der Waals surface area (Å²) in [6.07, 6.45) is 0. The molecule has 0 saturated carbocycles. The van der Waals surface area contributed by atoms with E-state index in [1.165, 1.54) is 0 Å². The molecular weight excluding hydrogens is 307 g/mol. The number of hydrogen-bond donors (Lipinski definition) is 2. The van der Waals surface area contributed by atoms with Crippen LogP contribution in [0.1, 0.15) is 0 Å². The molecule has 1 aromatic carbocycles. The Labute approximate surface area is 100 Å². The maximum absolute atomic E-state index is 10.6. The summed E-state index contributed by atoms with van der Waals surface area (Å²) >= 11 is 2.17. The summed E-state index contributed by atoms with van der Waals surface area (Å²) in [7, 11) is 0. The van der Waals surface area contributed by atoms with Crippen LogP contribution in [0.2, 0.25) is 0 Å². The molecule has 0 aliphatic heterocycles. The average Bonchev–Trinajstić information content (AvgIpc) is 2.21. The fourth-order valence-electron chi connectivity index (χ4n) is 0.780. The number of amides is 1. The SMILES string of the molecule is N#C/C(=N/Nc1ccc(I)cc1)C(N)=O. The number of nitrogens with two attached hydrogens (primary N) is 1. The van der Waals surface area contributed by atoms with Gasteiger partial charge in [0.15, 0.2) is 0 Å². The van der Waals surface area contributed by atoms with Crippen molar-refractivity contribution in [3.63, 3.8) is 0 Å². The van der Waals surface area contributed by atoms with Crippen molar-refractivity contribution in [2.24, 2.45) is 10.8 Å². The fourth-order valence-corrected chi connectivity index (χ4v) is 1.14. The van der Waals surface area contributed by atoms with E-state index in [1.807, 2.05) is 12.1 Å². The lowest BCUT2D eigenvalue weighted by molar-refractivity contribution is -0.111. The summed E-state index contributed by atoms with van der Waals surface area (Å²) < 4.78 is 1.08. The average molecular weight is 314 g/mol. The van der Waals surface area contributed by atoms with Crippen molar-refractivity contribution in [3.8, 4) is 6.07 Å². The first-order valence-corrected chi connectivity index (χ1v) is 5.00. The van der Waals surface area contributed by atoms with Crippen LogP contribution in [0.15, 0.2) is 29.4 Å². The van der Waals surface area contributed by atoms with Crippen LogP contribution in [-0.2, 0) is 4.79 Å². The molecule has 1 aromatic rings. The van der Waals surface area contributed by atoms with E-state index in [-0.39, 0.29) is 5.71 Å². The van der Waals surface area contributed by atoms with Crippen molar-refractivity contribution in [1.82, 2.24) is 0 Å². The van der Waals surface area contributed by atoms with E-state index in [0.29, 0.717) is 5.69 Å². The number of carbonyl (C=O) groups excluding carboxylic acids is 1. The number of primary amides is 1. The first kappa shape index (κ1) is 11.5. The van der Waals surface area contributed by atoms with Crippen LogP contribution in [0.5, 0.6) is 0 Å². The van der Waals surface area contributed by atoms with Gasteiger partial charge in [0, 0.05) is 3.57 Å². The summed E-state index contributed by atoms with van der Waals surface area (Å²) in [6, 6.07) is 8.89. The van der Waals surface area contributed by atoms with Crippen molar-refractivity contribution in [3.05, 3.63) is 27.8 Å². The summed E-state index contributed by atoms with van der Waals surface area (Å²) in [5, 5.41) is 12.1. The third-order valence-corrected chi connectivity index (χ3v) is 2.20. The van der Waals surface area contributed by atoms with E-state index >= 15 is 0 Å². The van der Waals surface area contributed by atoms with Crippen LogP contribution < -0.4 is 11.2 Å². The lowest BCUT2D eigenvalue weighted by Gasteiger charge is -1.99. The highest BCUT2D eigenvalue weighted by Crippen LogP contribution is 2.10. The molecule has 76 valence electrons. The van der Waals surface area contributed by atoms with Crippen LogP contribution in [-0.4, -0.2) is 11.6 Å². The monoisotopic (exact) mass is 314 g/mol. The molecule has 0 aliphatic rings. The molecule has 0 unspecified atom stereocenters. The van der Waals surface area contributed by atoms with Gasteiger partial charge in [-0.15, -0.1) is 0 Å². The highest BCUT2D eigenvalue weighted by molar-refractivity contribution is 14.1. The third kappa shape index (κ3) is 3.55. The topological polar surface area (TPSA) is 91.3 Å². The molecule has 6 heteroatoms. The number of nitrogens with one attached hydrogen (secondary N) is 1. The summed E-state index contributed by atoms with van der Waals surface area (Å²) in [6.45, 7) is 0. The standard InChI is InChI=1S/C9H7IN4O/c10-6-1-3-7(4-2-6)13-14-8(5-11)9(12)15/h1-4,13H,(H2,12,15)/b14-8-. The predicted molar refractivity (Wildman–Crippen MR) is 65.0 cm³/mol. The van der Waals surface area contributed by atoms with Crippen molar-refractivity contribution >= 4 is 39.9 Å². The lowest BCUT2D eigenvalue weighted by Crippen LogP contribution is -2.22. The molecule has 0 heterocycles. The number of carbonyl (C=O) groups is 1. The number of halogens is 1. The zero-order valence-electron chi connectivity index (χ0n) is 7.57. The maximum Gasteiger partial charge on any atom is 0.280 e. The van der Waals surface area contributed by atoms with Gasteiger partial charge in [-0.05, 0) is 46.9 Å². The Morgan fingerprint density at radius 1 is 1.47 bits per heavy atom. The Hall–Kier alpha value is -1.62. The van der Waals surface area contributed by atoms with Crippen LogP contribution in [0, 0.1) is 14.9 Å². The van der Waals surface area contributed by atoms with E-state index in [4.69, 9.17) is 11.0 Å². The van der Waals surface area contributed by atoms with E-state index < -0.39 is 5.91 Å². The Morgan fingerprint density at radius 3 is 2.53 bits per heavy atom. The molecule has 0 fully saturated rings. The molecular formula is C9H7IN4O. The molecule has 3 N–H and O–H groups in total. The minimum absolute atomic E-state index is 0.353. The molecule has 15 heavy (non-hydrogen) atoms. The van der Waals surface area contributed by atoms with Gasteiger partial charge in [-0.2, -0.15) is 10.4 Å². The zero-order valence-corrected chi connectivity index (χ0v) is 9.72. The van der Waals surface area contributed by atoms with Crippen molar-refractivity contribution in [2.45, 2.75) is 0 Å². The van der Waals surface area contributed by atoms with Gasteiger partial charge in [0.1, 0.15) is 6.07 Å². The minimum Gasteiger partial charge on any atom is -0.364 e. The Kier molecular flexibility index (Phi) is 4.05. The van der Waals surface area contributed by atoms with Gasteiger partial charge in [-0.25, -0.2) is 0 Å². The zero-order chi connectivity index (χ0) is 11.3. The molecule has 0 radical (unpaired) electrons. The summed E-state index contributed by atoms with van der Waals surface area (Å²) in [5.74, 6) is -0.851. The van der Waals surface area contributed by atoms with Gasteiger partial charge in [0.2, 0.25) is 5.71 Å². The largest absolute Gasteiger partial charge is 0.364 e. The number of nitriles is 1. The highest BCUT2D eigenvalue weighted by atomic mass is 127. The normalized spacial score (nSPS) is 10.5. The molecule has 0 bridgehead atoms. The van der Waals surface area contributed by atoms with Gasteiger partial charge in [-0.1, -0.05) is 0 Å². The smallest absolute Gasteiger partial charge is 0.280 e. The number of rotatable bonds is 3. The van der Waals surface area contributed by atoms with E-state index in [1.54, 1.807) is 18.2 Å². The summed E-state index contributed by atoms with van der Waals surface area (Å²) in [4.78, 5) is 10.6. The van der Waals surface area contributed by atoms with Gasteiger partial charge >= 0.3 is 0 Å². The second-order valence-corrected chi connectivity index (χ2v) is 3.80. The Balaban J connectivity index is 2.76. The van der Waals surface area contributed by atoms with Crippen molar-refractivity contribution in [2.75, 3.05) is 5.43 Å². The molecule has 0 saturated heterocycles. The van der Waals surface area contributed by atoms with E-state index in [9.17, 15) is 4.79 Å². The van der Waals surface area contributed by atoms with Crippen LogP contribution in [0.4, 0.5) is 5.69 Å². The molecule has 0 aliphatic carbocycles. The number of hydrazone groups is 1. The highest BCUT2D eigenvalue weighted by Gasteiger charge is 2.04. The second-order valence-electron chi connectivity index (χ2n) is 2.56. The minimum atomic E-state index is -0.851. The summed E-state index contributed by atoms with van der Waals surface area (Å²) in [5.41, 5.74) is 7.80. The number of benzene rings is 1. The molecule has 0 aromatic heterocycles. The van der Waals surface area contributed by atoms with Crippen LogP contribution >= 0.6 is 22.6 Å². The molecule has 5 nitrogen and oxygen atoms in total. The Bertz CT molecular complexity index is 432. The lowest BCUT2D eigenvalue weighted by atomic mass is 10.3. The van der Waals surface area contributed by atoms with Gasteiger partial charge in [0.25, 0.3) is 5.91 Å². The molecule has 1 amide bonds. The molecule has 0 spiro atoms. The Morgan fingerprint density at radius 2 is 2.07 bits per heavy atom. The van der Waals surface area contributed by atoms with Crippen molar-refractivity contribution < 1.29 is 4.79 Å². The van der Waals surface area contributed by atoms with Gasteiger partial charge in [0.05, 0.1) is 5.69 Å². The van der Waals surface area contributed by atoms with Crippen molar-refractivity contribution in [1.29, 1.82) is 5.26 Å². The maximum atomic E-state index is 10.6. The van der Waals surface area contributed by atoms with Gasteiger partial charge < -0.3 is 5.73 Å². The first-order chi connectivity index (χ1) is 7.13. The van der Waals surface area contributed by atoms with Crippen LogP contribution in [0.25, 0.3) is 0 Å². The number of nitrogens with zero attached hydrogens (tertiary/aromatic N) is 2. The predicted octanol–water partition coefficient (Wildman–Crippen LogP) is 1.07. The van der Waals surface area contributed by atoms with Crippen LogP contribution in [0.3, 0.4) is 0 Å². The number of hydrogen-bond acceptors (Lipinski definition) is 4. The fraction of sp³-hybridized carbons (Fsp3) is 0. The number of anilines is 1.